The summed E-state index contributed by atoms with van der Waals surface area (Å²) in [4.78, 5) is 12.3. The highest BCUT2D eigenvalue weighted by molar-refractivity contribution is 7.89. The van der Waals surface area contributed by atoms with Crippen molar-refractivity contribution in [1.82, 2.24) is 4.31 Å². The topological polar surface area (TPSA) is 104 Å². The molecule has 1 aromatic carbocycles. The van der Waals surface area contributed by atoms with E-state index in [1.165, 1.54) is 16.4 Å². The third-order valence-corrected chi connectivity index (χ3v) is 6.50. The van der Waals surface area contributed by atoms with Crippen LogP contribution in [0.25, 0.3) is 0 Å². The maximum absolute atomic E-state index is 13.0. The van der Waals surface area contributed by atoms with Gasteiger partial charge in [-0.25, -0.2) is 8.42 Å². The Morgan fingerprint density at radius 2 is 1.88 bits per heavy atom. The van der Waals surface area contributed by atoms with Crippen molar-refractivity contribution in [2.45, 2.75) is 36.7 Å². The van der Waals surface area contributed by atoms with Gasteiger partial charge < -0.3 is 10.0 Å². The number of nitrogens with zero attached hydrogens (tertiary/aromatic N) is 3. The molecule has 2 heterocycles. The second-order valence-electron chi connectivity index (χ2n) is 6.26. The van der Waals surface area contributed by atoms with Gasteiger partial charge in [0.15, 0.2) is 0 Å². The van der Waals surface area contributed by atoms with E-state index in [-0.39, 0.29) is 10.6 Å². The van der Waals surface area contributed by atoms with Crippen LogP contribution in [-0.2, 0) is 10.0 Å². The molecule has 1 aromatic rings. The molecule has 0 spiro atoms. The zero-order chi connectivity index (χ0) is 17.3. The molecule has 2 saturated heterocycles. The van der Waals surface area contributed by atoms with Crippen molar-refractivity contribution in [1.29, 1.82) is 0 Å². The minimum Gasteiger partial charge on any atom is -0.391 e. The highest BCUT2D eigenvalue weighted by atomic mass is 32.2. The van der Waals surface area contributed by atoms with Gasteiger partial charge >= 0.3 is 0 Å². The van der Waals surface area contributed by atoms with Crippen LogP contribution in [0.3, 0.4) is 0 Å². The molecular formula is C15H21N3O5S. The molecule has 0 amide bonds. The number of non-ortho nitro benzene ring substituents is 1. The molecule has 8 nitrogen and oxygen atoms in total. The Bertz CT molecular complexity index is 731. The molecule has 0 saturated carbocycles. The molecule has 3 rings (SSSR count). The summed E-state index contributed by atoms with van der Waals surface area (Å²) in [6.07, 6.45) is 2.51. The molecule has 24 heavy (non-hydrogen) atoms. The van der Waals surface area contributed by atoms with Gasteiger partial charge in [-0.15, -0.1) is 0 Å². The van der Waals surface area contributed by atoms with Crippen LogP contribution in [0.15, 0.2) is 23.1 Å². The van der Waals surface area contributed by atoms with Crippen LogP contribution in [0.4, 0.5) is 11.4 Å². The maximum Gasteiger partial charge on any atom is 0.270 e. The summed E-state index contributed by atoms with van der Waals surface area (Å²) in [6.45, 7) is 1.83. The van der Waals surface area contributed by atoms with Gasteiger partial charge in [-0.05, 0) is 31.7 Å². The summed E-state index contributed by atoms with van der Waals surface area (Å²) in [5, 5.41) is 21.0. The van der Waals surface area contributed by atoms with Crippen molar-refractivity contribution < 1.29 is 18.4 Å². The molecular weight excluding hydrogens is 334 g/mol. The van der Waals surface area contributed by atoms with Crippen LogP contribution >= 0.6 is 0 Å². The lowest BCUT2D eigenvalue weighted by atomic mass is 10.1. The van der Waals surface area contributed by atoms with E-state index in [4.69, 9.17) is 0 Å². The molecule has 0 aromatic heterocycles. The fourth-order valence-electron chi connectivity index (χ4n) is 3.33. The van der Waals surface area contributed by atoms with Gasteiger partial charge in [-0.3, -0.25) is 10.1 Å². The van der Waals surface area contributed by atoms with Gasteiger partial charge in [0.05, 0.1) is 16.7 Å². The van der Waals surface area contributed by atoms with E-state index in [0.717, 1.165) is 25.3 Å². The Balaban J connectivity index is 2.06. The summed E-state index contributed by atoms with van der Waals surface area (Å²) in [5.41, 5.74) is 0.195. The van der Waals surface area contributed by atoms with Crippen molar-refractivity contribution in [2.24, 2.45) is 0 Å². The molecule has 9 heteroatoms. The third-order valence-electron chi connectivity index (χ3n) is 4.57. The zero-order valence-corrected chi connectivity index (χ0v) is 14.1. The number of aliphatic hydroxyl groups excluding tert-OH is 1. The van der Waals surface area contributed by atoms with Crippen molar-refractivity contribution in [3.8, 4) is 0 Å². The third kappa shape index (κ3) is 3.24. The Hall–Kier alpha value is -1.71. The number of rotatable bonds is 4. The van der Waals surface area contributed by atoms with Crippen molar-refractivity contribution in [3.63, 3.8) is 0 Å². The molecule has 2 aliphatic rings. The van der Waals surface area contributed by atoms with E-state index in [2.05, 4.69) is 0 Å². The lowest BCUT2D eigenvalue weighted by molar-refractivity contribution is -0.385. The van der Waals surface area contributed by atoms with E-state index in [9.17, 15) is 23.6 Å². The minimum absolute atomic E-state index is 0.0345. The van der Waals surface area contributed by atoms with Gasteiger partial charge in [0.25, 0.3) is 5.69 Å². The number of benzene rings is 1. The Kier molecular flexibility index (Phi) is 4.75. The molecule has 0 bridgehead atoms. The first kappa shape index (κ1) is 17.1. The minimum atomic E-state index is -3.79. The molecule has 2 aliphatic heterocycles. The predicted molar refractivity (Wildman–Crippen MR) is 88.5 cm³/mol. The van der Waals surface area contributed by atoms with Crippen LogP contribution in [0.5, 0.6) is 0 Å². The molecule has 1 N–H and O–H groups in total. The Morgan fingerprint density at radius 1 is 1.17 bits per heavy atom. The van der Waals surface area contributed by atoms with E-state index in [1.54, 1.807) is 4.90 Å². The lowest BCUT2D eigenvalue weighted by Gasteiger charge is -2.33. The average Bonchev–Trinajstić information content (AvgIpc) is 3.09. The highest BCUT2D eigenvalue weighted by Gasteiger charge is 2.33. The normalized spacial score (nSPS) is 22.7. The molecule has 1 unspecified atom stereocenters. The molecule has 1 atom stereocenters. The quantitative estimate of drug-likeness (QED) is 0.646. The van der Waals surface area contributed by atoms with Gasteiger partial charge in [0.2, 0.25) is 10.0 Å². The second-order valence-corrected chi connectivity index (χ2v) is 8.17. The van der Waals surface area contributed by atoms with Crippen LogP contribution in [0.2, 0.25) is 0 Å². The van der Waals surface area contributed by atoms with E-state index < -0.39 is 21.1 Å². The predicted octanol–water partition coefficient (Wildman–Crippen LogP) is 1.34. The number of piperidine rings is 1. The fraction of sp³-hybridized carbons (Fsp3) is 0.600. The molecule has 132 valence electrons. The van der Waals surface area contributed by atoms with Gasteiger partial charge in [0.1, 0.15) is 4.90 Å². The maximum atomic E-state index is 13.0. The van der Waals surface area contributed by atoms with Crippen LogP contribution in [0, 0.1) is 10.1 Å². The average molecular weight is 355 g/mol. The number of nitro groups is 1. The van der Waals surface area contributed by atoms with Crippen molar-refractivity contribution in [3.05, 3.63) is 28.3 Å². The highest BCUT2D eigenvalue weighted by Crippen LogP contribution is 2.34. The van der Waals surface area contributed by atoms with Gasteiger partial charge in [-0.1, -0.05) is 0 Å². The summed E-state index contributed by atoms with van der Waals surface area (Å²) in [6, 6.07) is 3.95. The number of β-amino-alcohol motifs (C(OH)–C–C–N with tert-alkyl or cyclic N) is 1. The SMILES string of the molecule is O=[N+]([O-])c1ccc(N2CCCC(O)C2)c(S(=O)(=O)N2CCCC2)c1. The van der Waals surface area contributed by atoms with E-state index in [1.807, 2.05) is 0 Å². The number of sulfonamides is 1. The largest absolute Gasteiger partial charge is 0.391 e. The molecule has 2 fully saturated rings. The Labute approximate surface area is 140 Å². The number of anilines is 1. The zero-order valence-electron chi connectivity index (χ0n) is 13.3. The van der Waals surface area contributed by atoms with Crippen LogP contribution in [-0.4, -0.2) is 55.0 Å². The van der Waals surface area contributed by atoms with Crippen LogP contribution < -0.4 is 4.90 Å². The summed E-state index contributed by atoms with van der Waals surface area (Å²) >= 11 is 0. The first-order valence-corrected chi connectivity index (χ1v) is 9.55. The molecule has 0 aliphatic carbocycles. The number of hydrogen-bond donors (Lipinski definition) is 1. The van der Waals surface area contributed by atoms with Crippen molar-refractivity contribution in [2.75, 3.05) is 31.1 Å². The van der Waals surface area contributed by atoms with Gasteiger partial charge in [0, 0.05) is 38.3 Å². The lowest BCUT2D eigenvalue weighted by Crippen LogP contribution is -2.39. The van der Waals surface area contributed by atoms with Crippen molar-refractivity contribution >= 4 is 21.4 Å². The molecule has 0 radical (unpaired) electrons. The standard InChI is InChI=1S/C15H21N3O5S/c19-13-4-3-7-16(11-13)14-6-5-12(18(20)21)10-15(14)24(22,23)17-8-1-2-9-17/h5-6,10,13,19H,1-4,7-9,11H2. The Morgan fingerprint density at radius 3 is 2.50 bits per heavy atom. The number of nitro benzene ring substituents is 1. The van der Waals surface area contributed by atoms with Crippen LogP contribution in [0.1, 0.15) is 25.7 Å². The first-order valence-electron chi connectivity index (χ1n) is 8.11. The number of hydrogen-bond acceptors (Lipinski definition) is 6. The van der Waals surface area contributed by atoms with E-state index >= 15 is 0 Å². The summed E-state index contributed by atoms with van der Waals surface area (Å²) < 4.78 is 27.3. The summed E-state index contributed by atoms with van der Waals surface area (Å²) in [5.74, 6) is 0. The number of aliphatic hydroxyl groups is 1. The summed E-state index contributed by atoms with van der Waals surface area (Å²) in [7, 11) is -3.79. The van der Waals surface area contributed by atoms with Gasteiger partial charge in [-0.2, -0.15) is 4.31 Å². The smallest absolute Gasteiger partial charge is 0.270 e. The second kappa shape index (κ2) is 6.66. The first-order chi connectivity index (χ1) is 11.4. The van der Waals surface area contributed by atoms with E-state index in [0.29, 0.717) is 38.3 Å². The fourth-order valence-corrected chi connectivity index (χ4v) is 5.07. The monoisotopic (exact) mass is 355 g/mol.